The first-order valence-electron chi connectivity index (χ1n) is 9.98. The topological polar surface area (TPSA) is 101 Å². The third-order valence-corrected chi connectivity index (χ3v) is 6.97. The fraction of sp³-hybridized carbons (Fsp3) is 0.167. The van der Waals surface area contributed by atoms with Crippen LogP contribution in [0, 0.1) is 22.0 Å². The van der Waals surface area contributed by atoms with E-state index in [0.29, 0.717) is 16.8 Å². The fourth-order valence-electron chi connectivity index (χ4n) is 5.90. The molecular weight excluding hydrogens is 396 g/mol. The molecule has 0 saturated carbocycles. The van der Waals surface area contributed by atoms with E-state index in [1.54, 1.807) is 24.3 Å². The maximum absolute atomic E-state index is 13.7. The van der Waals surface area contributed by atoms with E-state index in [0.717, 1.165) is 16.0 Å². The highest BCUT2D eigenvalue weighted by atomic mass is 16.6. The maximum atomic E-state index is 13.7. The number of carbonyl (C=O) groups is 2. The molecule has 7 nitrogen and oxygen atoms in total. The highest BCUT2D eigenvalue weighted by Crippen LogP contribution is 2.64. The second-order valence-corrected chi connectivity index (χ2v) is 8.21. The summed E-state index contributed by atoms with van der Waals surface area (Å²) in [5.74, 6) is -3.46. The minimum Gasteiger partial charge on any atom is -0.508 e. The first-order chi connectivity index (χ1) is 15.0. The Morgan fingerprint density at radius 2 is 1.39 bits per heavy atom. The van der Waals surface area contributed by atoms with E-state index in [1.165, 1.54) is 24.3 Å². The Morgan fingerprint density at radius 1 is 0.839 bits per heavy atom. The van der Waals surface area contributed by atoms with Crippen molar-refractivity contribution in [3.63, 3.8) is 0 Å². The molecule has 7 heteroatoms. The van der Waals surface area contributed by atoms with E-state index in [1.807, 2.05) is 24.3 Å². The number of aromatic hydroxyl groups is 1. The smallest absolute Gasteiger partial charge is 0.285 e. The molecule has 152 valence electrons. The van der Waals surface area contributed by atoms with Gasteiger partial charge in [-0.3, -0.25) is 19.7 Å². The first-order valence-corrected chi connectivity index (χ1v) is 9.98. The average Bonchev–Trinajstić information content (AvgIpc) is 3.05. The number of rotatable bonds is 2. The lowest BCUT2D eigenvalue weighted by atomic mass is 9.51. The van der Waals surface area contributed by atoms with Gasteiger partial charge in [0.05, 0.1) is 11.6 Å². The molecule has 3 aliphatic carbocycles. The zero-order chi connectivity index (χ0) is 21.5. The summed E-state index contributed by atoms with van der Waals surface area (Å²) >= 11 is 0. The summed E-state index contributed by atoms with van der Waals surface area (Å²) in [4.78, 5) is 40.8. The quantitative estimate of drug-likeness (QED) is 0.396. The van der Waals surface area contributed by atoms with Crippen molar-refractivity contribution < 1.29 is 19.6 Å². The third-order valence-electron chi connectivity index (χ3n) is 6.97. The fourth-order valence-corrected chi connectivity index (χ4v) is 5.90. The molecule has 4 aliphatic rings. The average molecular weight is 412 g/mol. The Kier molecular flexibility index (Phi) is 3.33. The number of hydrogen-bond acceptors (Lipinski definition) is 5. The van der Waals surface area contributed by atoms with Crippen molar-refractivity contribution >= 4 is 17.5 Å². The van der Waals surface area contributed by atoms with Crippen molar-refractivity contribution in [2.45, 2.75) is 11.5 Å². The molecule has 31 heavy (non-hydrogen) atoms. The van der Waals surface area contributed by atoms with E-state index < -0.39 is 35.1 Å². The summed E-state index contributed by atoms with van der Waals surface area (Å²) in [5, 5.41) is 22.4. The molecule has 3 aromatic carbocycles. The Balaban J connectivity index is 1.67. The standard InChI is InChI=1S/C24H16N2O5/c27-14-11-9-13(10-12-14)25-22(28)20-19-15-5-1-3-7-17(15)24(26(30)31,21(20)23(25)29)18-8-4-2-6-16(18)19/h1-12,19-21,27H/t19?,20-,21-,24?/m1/s1. The Labute approximate surface area is 176 Å². The van der Waals surface area contributed by atoms with Crippen LogP contribution in [0.25, 0.3) is 0 Å². The number of imide groups is 1. The zero-order valence-electron chi connectivity index (χ0n) is 16.1. The predicted molar refractivity (Wildman–Crippen MR) is 110 cm³/mol. The molecule has 1 aliphatic heterocycles. The number of carbonyl (C=O) groups excluding carboxylic acids is 2. The van der Waals surface area contributed by atoms with Gasteiger partial charge in [-0.25, -0.2) is 4.90 Å². The molecule has 0 spiro atoms. The minimum absolute atomic E-state index is 0.00176. The van der Waals surface area contributed by atoms with Crippen LogP contribution in [-0.2, 0) is 15.1 Å². The molecule has 2 amide bonds. The number of hydrogen-bond donors (Lipinski definition) is 1. The first kappa shape index (κ1) is 17.8. The number of amides is 2. The zero-order valence-corrected chi connectivity index (χ0v) is 16.1. The molecule has 0 aromatic heterocycles. The molecule has 1 N–H and O–H groups in total. The highest BCUT2D eigenvalue weighted by molar-refractivity contribution is 6.23. The van der Waals surface area contributed by atoms with E-state index in [-0.39, 0.29) is 10.7 Å². The Morgan fingerprint density at radius 3 is 1.94 bits per heavy atom. The minimum atomic E-state index is -1.83. The van der Waals surface area contributed by atoms with Gasteiger partial charge in [0, 0.05) is 22.0 Å². The molecule has 2 bridgehead atoms. The molecule has 0 unspecified atom stereocenters. The lowest BCUT2D eigenvalue weighted by Gasteiger charge is -2.48. The van der Waals surface area contributed by atoms with Crippen molar-refractivity contribution in [3.05, 3.63) is 105 Å². The number of benzene rings is 3. The second kappa shape index (κ2) is 5.78. The molecule has 0 radical (unpaired) electrons. The van der Waals surface area contributed by atoms with Gasteiger partial charge in [0.1, 0.15) is 11.7 Å². The summed E-state index contributed by atoms with van der Waals surface area (Å²) in [6, 6.07) is 19.9. The Bertz CT molecular complexity index is 1250. The van der Waals surface area contributed by atoms with Gasteiger partial charge in [0.2, 0.25) is 11.8 Å². The number of nitrogens with zero attached hydrogens (tertiary/aromatic N) is 2. The summed E-state index contributed by atoms with van der Waals surface area (Å²) in [7, 11) is 0. The second-order valence-electron chi connectivity index (χ2n) is 8.21. The number of anilines is 1. The van der Waals surface area contributed by atoms with Crippen LogP contribution in [0.5, 0.6) is 5.75 Å². The third kappa shape index (κ3) is 1.93. The van der Waals surface area contributed by atoms with Crippen LogP contribution >= 0.6 is 0 Å². The lowest BCUT2D eigenvalue weighted by molar-refractivity contribution is -0.578. The van der Waals surface area contributed by atoms with Gasteiger partial charge in [0.15, 0.2) is 0 Å². The molecule has 1 heterocycles. The van der Waals surface area contributed by atoms with Gasteiger partial charge in [-0.05, 0) is 35.4 Å². The van der Waals surface area contributed by atoms with Crippen LogP contribution in [-0.4, -0.2) is 21.8 Å². The molecule has 7 rings (SSSR count). The van der Waals surface area contributed by atoms with Crippen LogP contribution in [0.3, 0.4) is 0 Å². The monoisotopic (exact) mass is 412 g/mol. The van der Waals surface area contributed by atoms with Gasteiger partial charge in [-0.2, -0.15) is 0 Å². The number of phenolic OH excluding ortho intramolecular Hbond substituents is 1. The summed E-state index contributed by atoms with van der Waals surface area (Å²) in [6.45, 7) is 0. The molecule has 1 fully saturated rings. The molecule has 3 aromatic rings. The van der Waals surface area contributed by atoms with Gasteiger partial charge >= 0.3 is 0 Å². The van der Waals surface area contributed by atoms with Gasteiger partial charge in [-0.1, -0.05) is 48.5 Å². The number of nitro groups is 1. The van der Waals surface area contributed by atoms with E-state index >= 15 is 0 Å². The maximum Gasteiger partial charge on any atom is 0.285 e. The van der Waals surface area contributed by atoms with Crippen molar-refractivity contribution in [2.75, 3.05) is 4.90 Å². The van der Waals surface area contributed by atoms with Crippen LogP contribution in [0.1, 0.15) is 28.2 Å². The normalized spacial score (nSPS) is 27.6. The van der Waals surface area contributed by atoms with Gasteiger partial charge in [-0.15, -0.1) is 0 Å². The van der Waals surface area contributed by atoms with Gasteiger partial charge < -0.3 is 5.11 Å². The van der Waals surface area contributed by atoms with E-state index in [2.05, 4.69) is 0 Å². The van der Waals surface area contributed by atoms with Crippen LogP contribution < -0.4 is 4.90 Å². The predicted octanol–water partition coefficient (Wildman–Crippen LogP) is 3.18. The SMILES string of the molecule is O=C1[C@@H]2C3c4ccccc4C([N+](=O)[O-])(c4ccccc43)[C@H]2C(=O)N1c1ccc(O)cc1. The summed E-state index contributed by atoms with van der Waals surface area (Å²) in [6.07, 6.45) is 0. The summed E-state index contributed by atoms with van der Waals surface area (Å²) < 4.78 is 0. The van der Waals surface area contributed by atoms with Crippen LogP contribution in [0.2, 0.25) is 0 Å². The van der Waals surface area contributed by atoms with Crippen molar-refractivity contribution in [2.24, 2.45) is 11.8 Å². The molecule has 1 saturated heterocycles. The van der Waals surface area contributed by atoms with Crippen molar-refractivity contribution in [1.29, 1.82) is 0 Å². The van der Waals surface area contributed by atoms with Crippen LogP contribution in [0.15, 0.2) is 72.8 Å². The molecule has 2 atom stereocenters. The number of phenols is 1. The Hall–Kier alpha value is -4.00. The van der Waals surface area contributed by atoms with Crippen molar-refractivity contribution in [1.82, 2.24) is 0 Å². The molecular formula is C24H16N2O5. The van der Waals surface area contributed by atoms with Crippen LogP contribution in [0.4, 0.5) is 5.69 Å². The lowest BCUT2D eigenvalue weighted by Crippen LogP contribution is -2.57. The van der Waals surface area contributed by atoms with Gasteiger partial charge in [0.25, 0.3) is 5.54 Å². The van der Waals surface area contributed by atoms with Crippen molar-refractivity contribution in [3.8, 4) is 5.75 Å². The highest BCUT2D eigenvalue weighted by Gasteiger charge is 2.74. The van der Waals surface area contributed by atoms with E-state index in [4.69, 9.17) is 0 Å². The largest absolute Gasteiger partial charge is 0.508 e. The van der Waals surface area contributed by atoms with E-state index in [9.17, 15) is 24.8 Å². The summed E-state index contributed by atoms with van der Waals surface area (Å²) in [5.41, 5.74) is 0.900.